The third-order valence-electron chi connectivity index (χ3n) is 3.75. The molecule has 0 unspecified atom stereocenters. The van der Waals surface area contributed by atoms with E-state index in [4.69, 9.17) is 14.6 Å². The Labute approximate surface area is 123 Å². The standard InChI is InChI=1S/C15H19NO5/c1-20-12-4-3-5-13(21-2)11(12)8-14(17)16-7-6-10(9-16)15(18)19/h3-5,10H,6-9H2,1-2H3,(H,18,19)/t10-/m0/s1. The van der Waals surface area contributed by atoms with E-state index in [0.29, 0.717) is 30.0 Å². The lowest BCUT2D eigenvalue weighted by Crippen LogP contribution is -2.31. The molecule has 1 aliphatic rings. The SMILES string of the molecule is COc1cccc(OC)c1CC(=O)N1CC[C@H](C(=O)O)C1. The van der Waals surface area contributed by atoms with Crippen LogP contribution in [0.4, 0.5) is 0 Å². The Kier molecular flexibility index (Phi) is 4.67. The molecule has 1 atom stereocenters. The molecule has 1 fully saturated rings. The maximum absolute atomic E-state index is 12.3. The summed E-state index contributed by atoms with van der Waals surface area (Å²) in [4.78, 5) is 24.9. The van der Waals surface area contributed by atoms with E-state index < -0.39 is 11.9 Å². The number of carboxylic acids is 1. The van der Waals surface area contributed by atoms with Gasteiger partial charge >= 0.3 is 5.97 Å². The van der Waals surface area contributed by atoms with Crippen LogP contribution in [-0.2, 0) is 16.0 Å². The Bertz CT molecular complexity index is 521. The van der Waals surface area contributed by atoms with Gasteiger partial charge in [-0.3, -0.25) is 9.59 Å². The van der Waals surface area contributed by atoms with Crippen molar-refractivity contribution in [2.24, 2.45) is 5.92 Å². The summed E-state index contributed by atoms with van der Waals surface area (Å²) >= 11 is 0. The van der Waals surface area contributed by atoms with E-state index in [1.54, 1.807) is 37.3 Å². The number of methoxy groups -OCH3 is 2. The highest BCUT2D eigenvalue weighted by Gasteiger charge is 2.31. The zero-order valence-corrected chi connectivity index (χ0v) is 12.2. The van der Waals surface area contributed by atoms with Crippen LogP contribution in [0.5, 0.6) is 11.5 Å². The summed E-state index contributed by atoms with van der Waals surface area (Å²) in [6.07, 6.45) is 0.643. The minimum Gasteiger partial charge on any atom is -0.496 e. The Morgan fingerprint density at radius 2 is 1.90 bits per heavy atom. The van der Waals surface area contributed by atoms with Gasteiger partial charge in [-0.15, -0.1) is 0 Å². The monoisotopic (exact) mass is 293 g/mol. The van der Waals surface area contributed by atoms with Crippen LogP contribution < -0.4 is 9.47 Å². The van der Waals surface area contributed by atoms with Gasteiger partial charge in [0.2, 0.25) is 5.91 Å². The maximum atomic E-state index is 12.3. The number of carboxylic acid groups (broad SMARTS) is 1. The molecule has 0 bridgehead atoms. The summed E-state index contributed by atoms with van der Waals surface area (Å²) in [5.74, 6) is -0.233. The predicted octanol–water partition coefficient (Wildman–Crippen LogP) is 1.18. The van der Waals surface area contributed by atoms with Crippen LogP contribution in [0.15, 0.2) is 18.2 Å². The number of nitrogens with zero attached hydrogens (tertiary/aromatic N) is 1. The first-order valence-corrected chi connectivity index (χ1v) is 6.77. The van der Waals surface area contributed by atoms with Gasteiger partial charge in [0, 0.05) is 18.7 Å². The molecule has 0 saturated carbocycles. The predicted molar refractivity (Wildman–Crippen MR) is 75.6 cm³/mol. The fourth-order valence-corrected chi connectivity index (χ4v) is 2.55. The molecule has 1 saturated heterocycles. The van der Waals surface area contributed by atoms with Crippen molar-refractivity contribution in [2.45, 2.75) is 12.8 Å². The van der Waals surface area contributed by atoms with E-state index in [0.717, 1.165) is 0 Å². The van der Waals surface area contributed by atoms with Crippen LogP contribution in [-0.4, -0.2) is 49.2 Å². The number of hydrogen-bond acceptors (Lipinski definition) is 4. The van der Waals surface area contributed by atoms with E-state index in [2.05, 4.69) is 0 Å². The molecule has 0 aliphatic carbocycles. The largest absolute Gasteiger partial charge is 0.496 e. The summed E-state index contributed by atoms with van der Waals surface area (Å²) in [7, 11) is 3.08. The van der Waals surface area contributed by atoms with Gasteiger partial charge in [0.05, 0.1) is 26.6 Å². The zero-order valence-electron chi connectivity index (χ0n) is 12.2. The Morgan fingerprint density at radius 3 is 2.38 bits per heavy atom. The third-order valence-corrected chi connectivity index (χ3v) is 3.75. The zero-order chi connectivity index (χ0) is 15.4. The van der Waals surface area contributed by atoms with Crippen molar-refractivity contribution in [1.29, 1.82) is 0 Å². The van der Waals surface area contributed by atoms with E-state index in [9.17, 15) is 9.59 Å². The highest BCUT2D eigenvalue weighted by atomic mass is 16.5. The molecule has 0 aromatic heterocycles. The van der Waals surface area contributed by atoms with Crippen molar-refractivity contribution in [3.8, 4) is 11.5 Å². The summed E-state index contributed by atoms with van der Waals surface area (Å²) in [5, 5.41) is 8.99. The minimum atomic E-state index is -0.847. The van der Waals surface area contributed by atoms with Gasteiger partial charge in [0.1, 0.15) is 11.5 Å². The van der Waals surface area contributed by atoms with Gasteiger partial charge in [0.25, 0.3) is 0 Å². The van der Waals surface area contributed by atoms with Crippen molar-refractivity contribution in [1.82, 2.24) is 4.90 Å². The quantitative estimate of drug-likeness (QED) is 0.882. The van der Waals surface area contributed by atoms with Crippen LogP contribution in [0.25, 0.3) is 0 Å². The fraction of sp³-hybridized carbons (Fsp3) is 0.467. The number of carbonyl (C=O) groups is 2. The first kappa shape index (κ1) is 15.2. The Balaban J connectivity index is 2.12. The summed E-state index contributed by atoms with van der Waals surface area (Å²) in [5.41, 5.74) is 0.686. The van der Waals surface area contributed by atoms with Gasteiger partial charge in [-0.1, -0.05) is 6.07 Å². The van der Waals surface area contributed by atoms with E-state index in [1.807, 2.05) is 0 Å². The molecule has 1 aliphatic heterocycles. The molecule has 1 heterocycles. The molecule has 0 spiro atoms. The molecule has 6 nitrogen and oxygen atoms in total. The molecule has 114 valence electrons. The van der Waals surface area contributed by atoms with Crippen LogP contribution in [0.2, 0.25) is 0 Å². The molecule has 1 N–H and O–H groups in total. The van der Waals surface area contributed by atoms with E-state index in [1.165, 1.54) is 0 Å². The number of aliphatic carboxylic acids is 1. The second-order valence-electron chi connectivity index (χ2n) is 4.98. The first-order valence-electron chi connectivity index (χ1n) is 6.77. The highest BCUT2D eigenvalue weighted by Crippen LogP contribution is 2.29. The molecular formula is C15H19NO5. The summed E-state index contributed by atoms with van der Waals surface area (Å²) in [6.45, 7) is 0.749. The Morgan fingerprint density at radius 1 is 1.29 bits per heavy atom. The number of rotatable bonds is 5. The number of carbonyl (C=O) groups excluding carboxylic acids is 1. The average molecular weight is 293 g/mol. The molecular weight excluding hydrogens is 274 g/mol. The van der Waals surface area contributed by atoms with E-state index >= 15 is 0 Å². The molecule has 1 aromatic rings. The van der Waals surface area contributed by atoms with Crippen molar-refractivity contribution >= 4 is 11.9 Å². The topological polar surface area (TPSA) is 76.1 Å². The van der Waals surface area contributed by atoms with Crippen molar-refractivity contribution < 1.29 is 24.2 Å². The highest BCUT2D eigenvalue weighted by molar-refractivity contribution is 5.82. The van der Waals surface area contributed by atoms with Crippen molar-refractivity contribution in [3.05, 3.63) is 23.8 Å². The van der Waals surface area contributed by atoms with Crippen LogP contribution in [0.1, 0.15) is 12.0 Å². The average Bonchev–Trinajstić information content (AvgIpc) is 2.97. The number of ether oxygens (including phenoxy) is 2. The molecule has 0 radical (unpaired) electrons. The first-order chi connectivity index (χ1) is 10.1. The van der Waals surface area contributed by atoms with Crippen LogP contribution >= 0.6 is 0 Å². The lowest BCUT2D eigenvalue weighted by atomic mass is 10.1. The normalized spacial score (nSPS) is 17.6. The maximum Gasteiger partial charge on any atom is 0.308 e. The molecule has 1 amide bonds. The van der Waals surface area contributed by atoms with Gasteiger partial charge in [-0.25, -0.2) is 0 Å². The van der Waals surface area contributed by atoms with Crippen molar-refractivity contribution in [3.63, 3.8) is 0 Å². The summed E-state index contributed by atoms with van der Waals surface area (Å²) < 4.78 is 10.5. The number of hydrogen-bond donors (Lipinski definition) is 1. The molecule has 1 aromatic carbocycles. The van der Waals surface area contributed by atoms with Crippen LogP contribution in [0, 0.1) is 5.92 Å². The van der Waals surface area contributed by atoms with Gasteiger partial charge < -0.3 is 19.5 Å². The fourth-order valence-electron chi connectivity index (χ4n) is 2.55. The Hall–Kier alpha value is -2.24. The van der Waals surface area contributed by atoms with Crippen molar-refractivity contribution in [2.75, 3.05) is 27.3 Å². The molecule has 2 rings (SSSR count). The van der Waals surface area contributed by atoms with Gasteiger partial charge in [-0.05, 0) is 18.6 Å². The van der Waals surface area contributed by atoms with Gasteiger partial charge in [0.15, 0.2) is 0 Å². The second-order valence-corrected chi connectivity index (χ2v) is 4.98. The third kappa shape index (κ3) is 3.26. The number of amides is 1. The summed E-state index contributed by atoms with van der Waals surface area (Å²) in [6, 6.07) is 5.34. The lowest BCUT2D eigenvalue weighted by Gasteiger charge is -2.18. The lowest BCUT2D eigenvalue weighted by molar-refractivity contribution is -0.141. The van der Waals surface area contributed by atoms with Crippen LogP contribution in [0.3, 0.4) is 0 Å². The smallest absolute Gasteiger partial charge is 0.308 e. The molecule has 6 heteroatoms. The second kappa shape index (κ2) is 6.47. The number of likely N-dealkylation sites (tertiary alicyclic amines) is 1. The number of benzene rings is 1. The molecule has 21 heavy (non-hydrogen) atoms. The van der Waals surface area contributed by atoms with Gasteiger partial charge in [-0.2, -0.15) is 0 Å². The van der Waals surface area contributed by atoms with E-state index in [-0.39, 0.29) is 18.9 Å². The minimum absolute atomic E-state index is 0.110.